The van der Waals surface area contributed by atoms with Crippen LogP contribution in [0.25, 0.3) is 0 Å². The number of amides is 3. The summed E-state index contributed by atoms with van der Waals surface area (Å²) in [5.74, 6) is -1.59. The van der Waals surface area contributed by atoms with Gasteiger partial charge >= 0.3 is 0 Å². The van der Waals surface area contributed by atoms with E-state index in [1.54, 1.807) is 24.3 Å². The SMILES string of the molecule is NC(=O)c1cc(CO)nc(CO)c1.NC(=O)c1cc(CO)nc(CO)c1.NC(=O)c1ccccc1. The number of pyridine rings is 2. The summed E-state index contributed by atoms with van der Waals surface area (Å²) in [5, 5.41) is 35.1. The minimum Gasteiger partial charge on any atom is -0.390 e. The van der Waals surface area contributed by atoms with Crippen molar-refractivity contribution in [2.24, 2.45) is 17.2 Å². The van der Waals surface area contributed by atoms with Gasteiger partial charge in [0.05, 0.1) is 49.2 Å². The number of nitrogens with two attached hydrogens (primary N) is 3. The third-order valence-corrected chi connectivity index (χ3v) is 4.14. The van der Waals surface area contributed by atoms with E-state index >= 15 is 0 Å². The molecule has 0 saturated heterocycles. The summed E-state index contributed by atoms with van der Waals surface area (Å²) in [5.41, 5.74) is 17.3. The fourth-order valence-electron chi connectivity index (χ4n) is 2.51. The Morgan fingerprint density at radius 2 is 0.829 bits per heavy atom. The Labute approximate surface area is 200 Å². The molecule has 0 atom stereocenters. The van der Waals surface area contributed by atoms with Gasteiger partial charge < -0.3 is 37.6 Å². The number of rotatable bonds is 7. The first-order chi connectivity index (χ1) is 16.6. The minimum absolute atomic E-state index is 0.239. The van der Waals surface area contributed by atoms with E-state index in [0.29, 0.717) is 28.3 Å². The van der Waals surface area contributed by atoms with E-state index < -0.39 is 11.8 Å². The van der Waals surface area contributed by atoms with Crippen molar-refractivity contribution >= 4 is 17.7 Å². The molecule has 1 aromatic carbocycles. The first kappa shape index (κ1) is 28.8. The average Bonchev–Trinajstić information content (AvgIpc) is 2.89. The van der Waals surface area contributed by atoms with Gasteiger partial charge in [-0.1, -0.05) is 18.2 Å². The Morgan fingerprint density at radius 1 is 0.543 bits per heavy atom. The van der Waals surface area contributed by atoms with E-state index in [0.717, 1.165) is 0 Å². The molecule has 2 aromatic heterocycles. The molecule has 12 nitrogen and oxygen atoms in total. The summed E-state index contributed by atoms with van der Waals surface area (Å²) in [7, 11) is 0. The maximum atomic E-state index is 10.8. The second-order valence-electron chi connectivity index (χ2n) is 6.77. The van der Waals surface area contributed by atoms with E-state index in [1.165, 1.54) is 24.3 Å². The summed E-state index contributed by atoms with van der Waals surface area (Å²) >= 11 is 0. The first-order valence-corrected chi connectivity index (χ1v) is 10.0. The Kier molecular flexibility index (Phi) is 12.2. The van der Waals surface area contributed by atoms with Gasteiger partial charge in [0.1, 0.15) is 0 Å². The number of carbonyl (C=O) groups is 3. The highest BCUT2D eigenvalue weighted by molar-refractivity contribution is 5.93. The summed E-state index contributed by atoms with van der Waals surface area (Å²) in [4.78, 5) is 39.6. The molecule has 12 heteroatoms. The van der Waals surface area contributed by atoms with Crippen LogP contribution < -0.4 is 17.2 Å². The third-order valence-electron chi connectivity index (χ3n) is 4.14. The maximum absolute atomic E-state index is 10.8. The number of hydrogen-bond donors (Lipinski definition) is 7. The molecule has 0 radical (unpaired) electrons. The average molecular weight is 485 g/mol. The van der Waals surface area contributed by atoms with Crippen molar-refractivity contribution in [1.82, 2.24) is 9.97 Å². The first-order valence-electron chi connectivity index (χ1n) is 10.0. The number of aliphatic hydroxyl groups excluding tert-OH is 4. The summed E-state index contributed by atoms with van der Waals surface area (Å²) in [6.07, 6.45) is 0. The summed E-state index contributed by atoms with van der Waals surface area (Å²) in [6.45, 7) is -1.13. The molecule has 0 saturated carbocycles. The highest BCUT2D eigenvalue weighted by atomic mass is 16.3. The predicted molar refractivity (Wildman–Crippen MR) is 124 cm³/mol. The van der Waals surface area contributed by atoms with Gasteiger partial charge in [0.15, 0.2) is 0 Å². The lowest BCUT2D eigenvalue weighted by Gasteiger charge is -2.02. The molecule has 0 aliphatic heterocycles. The second kappa shape index (κ2) is 14.8. The molecular weight excluding hydrogens is 458 g/mol. The van der Waals surface area contributed by atoms with Crippen LogP contribution in [-0.4, -0.2) is 48.1 Å². The van der Waals surface area contributed by atoms with Crippen molar-refractivity contribution in [2.45, 2.75) is 26.4 Å². The lowest BCUT2D eigenvalue weighted by atomic mass is 10.2. The number of nitrogens with zero attached hydrogens (tertiary/aromatic N) is 2. The smallest absolute Gasteiger partial charge is 0.248 e. The van der Waals surface area contributed by atoms with Gasteiger partial charge in [-0.15, -0.1) is 0 Å². The zero-order valence-electron chi connectivity index (χ0n) is 18.7. The molecule has 0 unspecified atom stereocenters. The lowest BCUT2D eigenvalue weighted by molar-refractivity contribution is 0.0991. The highest BCUT2D eigenvalue weighted by Gasteiger charge is 2.06. The Balaban J connectivity index is 0.000000267. The lowest BCUT2D eigenvalue weighted by Crippen LogP contribution is -2.13. The van der Waals surface area contributed by atoms with Gasteiger partial charge in [0.25, 0.3) is 0 Å². The van der Waals surface area contributed by atoms with Crippen LogP contribution in [0.1, 0.15) is 53.8 Å². The van der Waals surface area contributed by atoms with E-state index in [1.807, 2.05) is 6.07 Å². The van der Waals surface area contributed by atoms with E-state index in [4.69, 9.17) is 37.6 Å². The van der Waals surface area contributed by atoms with Gasteiger partial charge in [-0.25, -0.2) is 0 Å². The number of benzene rings is 1. The van der Waals surface area contributed by atoms with Crippen LogP contribution in [0.2, 0.25) is 0 Å². The number of aromatic nitrogens is 2. The maximum Gasteiger partial charge on any atom is 0.248 e. The van der Waals surface area contributed by atoms with E-state index in [-0.39, 0.29) is 43.5 Å². The molecule has 0 spiro atoms. The normalized spacial score (nSPS) is 9.71. The largest absolute Gasteiger partial charge is 0.390 e. The minimum atomic E-state index is -0.605. The van der Waals surface area contributed by atoms with Gasteiger partial charge in [0, 0.05) is 16.7 Å². The molecule has 3 rings (SSSR count). The molecule has 0 fully saturated rings. The number of carbonyl (C=O) groups excluding carboxylic acids is 3. The molecule has 0 bridgehead atoms. The number of aliphatic hydroxyl groups is 4. The van der Waals surface area contributed by atoms with Crippen molar-refractivity contribution < 1.29 is 34.8 Å². The summed E-state index contributed by atoms with van der Waals surface area (Å²) in [6, 6.07) is 14.3. The van der Waals surface area contributed by atoms with Crippen molar-refractivity contribution in [3.63, 3.8) is 0 Å². The molecule has 0 aliphatic rings. The molecule has 0 aliphatic carbocycles. The van der Waals surface area contributed by atoms with Crippen LogP contribution >= 0.6 is 0 Å². The zero-order chi connectivity index (χ0) is 26.4. The van der Waals surface area contributed by atoms with Gasteiger partial charge in [-0.2, -0.15) is 0 Å². The summed E-state index contributed by atoms with van der Waals surface area (Å²) < 4.78 is 0. The van der Waals surface area contributed by atoms with E-state index in [2.05, 4.69) is 9.97 Å². The Bertz CT molecular complexity index is 1030. The molecule has 35 heavy (non-hydrogen) atoms. The molecular formula is C23H27N5O7. The Morgan fingerprint density at radius 3 is 1.03 bits per heavy atom. The van der Waals surface area contributed by atoms with Crippen molar-refractivity contribution in [2.75, 3.05) is 0 Å². The highest BCUT2D eigenvalue weighted by Crippen LogP contribution is 2.07. The van der Waals surface area contributed by atoms with Crippen LogP contribution in [0.5, 0.6) is 0 Å². The van der Waals surface area contributed by atoms with Crippen LogP contribution in [-0.2, 0) is 26.4 Å². The molecule has 186 valence electrons. The van der Waals surface area contributed by atoms with Gasteiger partial charge in [-0.05, 0) is 36.4 Å². The molecule has 10 N–H and O–H groups in total. The predicted octanol–water partition coefficient (Wildman–Crippen LogP) is -0.884. The fourth-order valence-corrected chi connectivity index (χ4v) is 2.51. The van der Waals surface area contributed by atoms with Crippen LogP contribution in [0.15, 0.2) is 54.6 Å². The monoisotopic (exact) mass is 485 g/mol. The van der Waals surface area contributed by atoms with Gasteiger partial charge in [0.2, 0.25) is 17.7 Å². The van der Waals surface area contributed by atoms with E-state index in [9.17, 15) is 14.4 Å². The Hall–Kier alpha value is -4.23. The molecule has 3 amide bonds. The van der Waals surface area contributed by atoms with Crippen LogP contribution in [0.3, 0.4) is 0 Å². The van der Waals surface area contributed by atoms with Crippen molar-refractivity contribution in [1.29, 1.82) is 0 Å². The number of primary amides is 3. The third kappa shape index (κ3) is 10.1. The topological polar surface area (TPSA) is 236 Å². The second-order valence-corrected chi connectivity index (χ2v) is 6.77. The quantitative estimate of drug-likeness (QED) is 0.219. The van der Waals surface area contributed by atoms with Crippen LogP contribution in [0, 0.1) is 0 Å². The number of hydrogen-bond acceptors (Lipinski definition) is 9. The molecule has 2 heterocycles. The zero-order valence-corrected chi connectivity index (χ0v) is 18.7. The van der Waals surface area contributed by atoms with Crippen LogP contribution in [0.4, 0.5) is 0 Å². The molecule has 3 aromatic rings. The van der Waals surface area contributed by atoms with Crippen molar-refractivity contribution in [3.8, 4) is 0 Å². The van der Waals surface area contributed by atoms with Crippen molar-refractivity contribution in [3.05, 3.63) is 94.1 Å². The van der Waals surface area contributed by atoms with Gasteiger partial charge in [-0.3, -0.25) is 24.4 Å². The fraction of sp³-hybridized carbons (Fsp3) is 0.174. The standard InChI is InChI=1S/2C8H10N2O3.C7H7NO/c2*9-8(13)5-1-6(3-11)10-7(2-5)4-12;8-7(9)6-4-2-1-3-5-6/h2*1-2,11-12H,3-4H2,(H2,9,13);1-5H,(H2,8,9).